The molecule has 4 nitrogen and oxygen atoms in total. The van der Waals surface area contributed by atoms with Gasteiger partial charge in [-0.2, -0.15) is 0 Å². The van der Waals surface area contributed by atoms with Gasteiger partial charge in [0.25, 0.3) is 5.91 Å². The van der Waals surface area contributed by atoms with Gasteiger partial charge in [0.1, 0.15) is 0 Å². The lowest BCUT2D eigenvalue weighted by molar-refractivity contribution is 0.0413. The summed E-state index contributed by atoms with van der Waals surface area (Å²) in [6.45, 7) is 7.02. The van der Waals surface area contributed by atoms with Gasteiger partial charge in [-0.05, 0) is 51.4 Å². The first kappa shape index (κ1) is 14.4. The Morgan fingerprint density at radius 2 is 1.95 bits per heavy atom. The van der Waals surface area contributed by atoms with Gasteiger partial charge < -0.3 is 10.2 Å². The van der Waals surface area contributed by atoms with E-state index < -0.39 is 0 Å². The summed E-state index contributed by atoms with van der Waals surface area (Å²) < 4.78 is 0. The second-order valence-electron chi connectivity index (χ2n) is 6.44. The van der Waals surface area contributed by atoms with E-state index in [1.807, 2.05) is 17.0 Å². The number of anilines is 1. The number of rotatable bonds is 1. The van der Waals surface area contributed by atoms with Gasteiger partial charge in [0.2, 0.25) is 0 Å². The molecular formula is C17H25N3O. The zero-order valence-electron chi connectivity index (χ0n) is 13.2. The number of fused-ring (bicyclic) bond motifs is 1. The summed E-state index contributed by atoms with van der Waals surface area (Å²) in [5, 5.41) is 3.41. The van der Waals surface area contributed by atoms with Crippen LogP contribution in [0.4, 0.5) is 5.69 Å². The molecule has 2 unspecified atom stereocenters. The molecule has 21 heavy (non-hydrogen) atoms. The quantitative estimate of drug-likeness (QED) is 0.860. The van der Waals surface area contributed by atoms with Crippen molar-refractivity contribution in [1.29, 1.82) is 0 Å². The standard InChI is InChI=1S/C17H25N3O/c1-12-10-20(11-13(2)19(12)3)17(21)15-6-4-8-16-14(15)7-5-9-18-16/h4,6,8,12-13,18H,5,7,9-11H2,1-3H3. The first-order valence-electron chi connectivity index (χ1n) is 7.95. The SMILES string of the molecule is CC1CN(C(=O)c2cccc3c2CCCN3)CC(C)N1C. The molecule has 2 aliphatic heterocycles. The summed E-state index contributed by atoms with van der Waals surface area (Å²) in [6, 6.07) is 6.89. The van der Waals surface area contributed by atoms with E-state index in [-0.39, 0.29) is 5.91 Å². The third-order valence-electron chi connectivity index (χ3n) is 4.97. The molecule has 3 rings (SSSR count). The zero-order chi connectivity index (χ0) is 15.0. The summed E-state index contributed by atoms with van der Waals surface area (Å²) in [6.07, 6.45) is 2.11. The van der Waals surface area contributed by atoms with E-state index in [1.54, 1.807) is 0 Å². The molecule has 0 aliphatic carbocycles. The molecule has 0 radical (unpaired) electrons. The van der Waals surface area contributed by atoms with E-state index >= 15 is 0 Å². The molecule has 1 aromatic rings. The monoisotopic (exact) mass is 287 g/mol. The molecule has 1 fully saturated rings. The molecule has 114 valence electrons. The lowest BCUT2D eigenvalue weighted by Gasteiger charge is -2.42. The van der Waals surface area contributed by atoms with Gasteiger partial charge in [-0.3, -0.25) is 9.69 Å². The Hall–Kier alpha value is -1.55. The van der Waals surface area contributed by atoms with Crippen LogP contribution in [0.1, 0.15) is 36.2 Å². The molecule has 0 saturated carbocycles. The van der Waals surface area contributed by atoms with Gasteiger partial charge >= 0.3 is 0 Å². The topological polar surface area (TPSA) is 35.6 Å². The van der Waals surface area contributed by atoms with E-state index in [1.165, 1.54) is 5.56 Å². The highest BCUT2D eigenvalue weighted by molar-refractivity contribution is 5.97. The molecule has 0 aromatic heterocycles. The molecule has 1 N–H and O–H groups in total. The average Bonchev–Trinajstić information content (AvgIpc) is 2.51. The summed E-state index contributed by atoms with van der Waals surface area (Å²) in [4.78, 5) is 17.3. The van der Waals surface area contributed by atoms with Gasteiger partial charge in [0, 0.05) is 43.0 Å². The number of hydrogen-bond donors (Lipinski definition) is 1. The van der Waals surface area contributed by atoms with E-state index in [4.69, 9.17) is 0 Å². The number of carbonyl (C=O) groups excluding carboxylic acids is 1. The van der Waals surface area contributed by atoms with Crippen molar-refractivity contribution in [1.82, 2.24) is 9.80 Å². The Bertz CT molecular complexity index is 531. The van der Waals surface area contributed by atoms with E-state index in [2.05, 4.69) is 37.2 Å². The summed E-state index contributed by atoms with van der Waals surface area (Å²) in [5.41, 5.74) is 3.24. The predicted molar refractivity (Wildman–Crippen MR) is 85.8 cm³/mol. The molecular weight excluding hydrogens is 262 g/mol. The number of nitrogens with one attached hydrogen (secondary N) is 1. The highest BCUT2D eigenvalue weighted by Crippen LogP contribution is 2.27. The molecule has 1 aromatic carbocycles. The van der Waals surface area contributed by atoms with Crippen LogP contribution in [0.25, 0.3) is 0 Å². The Labute approximate surface area is 127 Å². The van der Waals surface area contributed by atoms with Crippen molar-refractivity contribution < 1.29 is 4.79 Å². The van der Waals surface area contributed by atoms with E-state index in [9.17, 15) is 4.79 Å². The average molecular weight is 287 g/mol. The van der Waals surface area contributed by atoms with Crippen LogP contribution >= 0.6 is 0 Å². The molecule has 1 saturated heterocycles. The van der Waals surface area contributed by atoms with Crippen molar-refractivity contribution >= 4 is 11.6 Å². The molecule has 0 bridgehead atoms. The number of benzene rings is 1. The Balaban J connectivity index is 1.86. The number of piperazine rings is 1. The van der Waals surface area contributed by atoms with Crippen molar-refractivity contribution in [2.75, 3.05) is 32.0 Å². The van der Waals surface area contributed by atoms with Gasteiger partial charge in [-0.15, -0.1) is 0 Å². The maximum absolute atomic E-state index is 12.9. The third kappa shape index (κ3) is 2.64. The number of likely N-dealkylation sites (N-methyl/N-ethyl adjacent to an activating group) is 1. The maximum Gasteiger partial charge on any atom is 0.254 e. The minimum absolute atomic E-state index is 0.197. The number of nitrogens with zero attached hydrogens (tertiary/aromatic N) is 2. The Morgan fingerprint density at radius 3 is 2.67 bits per heavy atom. The highest BCUT2D eigenvalue weighted by Gasteiger charge is 2.31. The van der Waals surface area contributed by atoms with Crippen LogP contribution in [0.5, 0.6) is 0 Å². The van der Waals surface area contributed by atoms with Crippen LogP contribution in [0, 0.1) is 0 Å². The number of amides is 1. The predicted octanol–water partition coefficient (Wildman–Crippen LogP) is 2.21. The normalized spacial score (nSPS) is 26.1. The smallest absolute Gasteiger partial charge is 0.254 e. The van der Waals surface area contributed by atoms with Crippen LogP contribution in [0.15, 0.2) is 18.2 Å². The molecule has 1 amide bonds. The summed E-state index contributed by atoms with van der Waals surface area (Å²) in [7, 11) is 2.14. The zero-order valence-corrected chi connectivity index (χ0v) is 13.2. The minimum Gasteiger partial charge on any atom is -0.385 e. The van der Waals surface area contributed by atoms with Crippen molar-refractivity contribution in [2.24, 2.45) is 0 Å². The fraction of sp³-hybridized carbons (Fsp3) is 0.588. The van der Waals surface area contributed by atoms with Gasteiger partial charge in [0.15, 0.2) is 0 Å². The van der Waals surface area contributed by atoms with Crippen LogP contribution in [0.3, 0.4) is 0 Å². The fourth-order valence-electron chi connectivity index (χ4n) is 3.45. The van der Waals surface area contributed by atoms with Gasteiger partial charge in [0.05, 0.1) is 0 Å². The van der Waals surface area contributed by atoms with Gasteiger partial charge in [-0.25, -0.2) is 0 Å². The number of carbonyl (C=O) groups is 1. The largest absolute Gasteiger partial charge is 0.385 e. The third-order valence-corrected chi connectivity index (χ3v) is 4.97. The Morgan fingerprint density at radius 1 is 1.24 bits per heavy atom. The van der Waals surface area contributed by atoms with Crippen molar-refractivity contribution in [3.63, 3.8) is 0 Å². The first-order chi connectivity index (χ1) is 10.1. The molecule has 2 heterocycles. The maximum atomic E-state index is 12.9. The van der Waals surface area contributed by atoms with Crippen LogP contribution < -0.4 is 5.32 Å². The summed E-state index contributed by atoms with van der Waals surface area (Å²) in [5.74, 6) is 0.197. The van der Waals surface area contributed by atoms with Crippen molar-refractivity contribution in [3.8, 4) is 0 Å². The molecule has 2 atom stereocenters. The lowest BCUT2D eigenvalue weighted by Crippen LogP contribution is -2.56. The highest BCUT2D eigenvalue weighted by atomic mass is 16.2. The van der Waals surface area contributed by atoms with Crippen LogP contribution in [-0.2, 0) is 6.42 Å². The minimum atomic E-state index is 0.197. The first-order valence-corrected chi connectivity index (χ1v) is 7.95. The molecule has 0 spiro atoms. The Kier molecular flexibility index (Phi) is 3.89. The molecule has 2 aliphatic rings. The fourth-order valence-corrected chi connectivity index (χ4v) is 3.45. The van der Waals surface area contributed by atoms with Crippen LogP contribution in [0.2, 0.25) is 0 Å². The van der Waals surface area contributed by atoms with E-state index in [0.29, 0.717) is 12.1 Å². The summed E-state index contributed by atoms with van der Waals surface area (Å²) >= 11 is 0. The van der Waals surface area contributed by atoms with Crippen molar-refractivity contribution in [2.45, 2.75) is 38.8 Å². The molecule has 4 heteroatoms. The van der Waals surface area contributed by atoms with Crippen molar-refractivity contribution in [3.05, 3.63) is 29.3 Å². The lowest BCUT2D eigenvalue weighted by atomic mass is 9.96. The van der Waals surface area contributed by atoms with E-state index in [0.717, 1.165) is 43.7 Å². The van der Waals surface area contributed by atoms with Gasteiger partial charge in [-0.1, -0.05) is 6.07 Å². The second-order valence-corrected chi connectivity index (χ2v) is 6.44. The van der Waals surface area contributed by atoms with Crippen LogP contribution in [-0.4, -0.2) is 54.5 Å². The second kappa shape index (κ2) is 5.68. The number of hydrogen-bond acceptors (Lipinski definition) is 3.